The zero-order valence-corrected chi connectivity index (χ0v) is 17.8. The summed E-state index contributed by atoms with van der Waals surface area (Å²) >= 11 is 0. The SMILES string of the molecule is N#Cc1ccc(-c2oc(=O)[nH]c2-c2ccc(OCc3ccc4ccccc4n3)cc2C#N)cc1. The third-order valence-electron chi connectivity index (χ3n) is 5.35. The first kappa shape index (κ1) is 20.7. The molecule has 2 heterocycles. The second-order valence-corrected chi connectivity index (χ2v) is 7.51. The van der Waals surface area contributed by atoms with Crippen molar-refractivity contribution in [2.75, 3.05) is 0 Å². The van der Waals surface area contributed by atoms with Crippen LogP contribution < -0.4 is 10.5 Å². The number of nitrogens with zero attached hydrogens (tertiary/aromatic N) is 3. The number of nitrogens with one attached hydrogen (secondary N) is 1. The number of benzene rings is 3. The molecule has 0 radical (unpaired) electrons. The summed E-state index contributed by atoms with van der Waals surface area (Å²) in [6.07, 6.45) is 0. The highest BCUT2D eigenvalue weighted by Gasteiger charge is 2.18. The Morgan fingerprint density at radius 3 is 2.56 bits per heavy atom. The van der Waals surface area contributed by atoms with Gasteiger partial charge < -0.3 is 9.15 Å². The van der Waals surface area contributed by atoms with Gasteiger partial charge >= 0.3 is 5.76 Å². The van der Waals surface area contributed by atoms with E-state index in [4.69, 9.17) is 14.4 Å². The molecule has 0 fully saturated rings. The Kier molecular flexibility index (Phi) is 5.35. The van der Waals surface area contributed by atoms with Gasteiger partial charge in [-0.25, -0.2) is 9.78 Å². The normalized spacial score (nSPS) is 10.5. The summed E-state index contributed by atoms with van der Waals surface area (Å²) in [6.45, 7) is 0.244. The van der Waals surface area contributed by atoms with Crippen molar-refractivity contribution in [2.45, 2.75) is 6.61 Å². The summed E-state index contributed by atoms with van der Waals surface area (Å²) in [5, 5.41) is 19.8. The second-order valence-electron chi connectivity index (χ2n) is 7.51. The highest BCUT2D eigenvalue weighted by molar-refractivity contribution is 5.80. The lowest BCUT2D eigenvalue weighted by molar-refractivity contribution is 0.302. The van der Waals surface area contributed by atoms with Crippen LogP contribution in [0.3, 0.4) is 0 Å². The topological polar surface area (TPSA) is 116 Å². The first-order valence-electron chi connectivity index (χ1n) is 10.4. The number of para-hydroxylation sites is 1. The van der Waals surface area contributed by atoms with Crippen LogP contribution in [-0.2, 0) is 6.61 Å². The molecule has 162 valence electrons. The number of aromatic amines is 1. The molecule has 0 saturated heterocycles. The van der Waals surface area contributed by atoms with Crippen molar-refractivity contribution in [1.29, 1.82) is 10.5 Å². The van der Waals surface area contributed by atoms with Crippen LogP contribution in [-0.4, -0.2) is 9.97 Å². The molecule has 7 nitrogen and oxygen atoms in total. The molecule has 0 amide bonds. The maximum Gasteiger partial charge on any atom is 0.417 e. The van der Waals surface area contributed by atoms with E-state index < -0.39 is 5.76 Å². The number of H-pyrrole nitrogens is 1. The summed E-state index contributed by atoms with van der Waals surface area (Å²) in [7, 11) is 0. The fraction of sp³-hybridized carbons (Fsp3) is 0.0370. The molecule has 0 aliphatic carbocycles. The average molecular weight is 444 g/mol. The van der Waals surface area contributed by atoms with Crippen molar-refractivity contribution < 1.29 is 9.15 Å². The summed E-state index contributed by atoms with van der Waals surface area (Å²) in [6, 6.07) is 27.6. The van der Waals surface area contributed by atoms with E-state index in [1.54, 1.807) is 42.5 Å². The number of aromatic nitrogens is 2. The highest BCUT2D eigenvalue weighted by atomic mass is 16.5. The molecule has 0 aliphatic heterocycles. The Hall–Kier alpha value is -5.14. The molecule has 0 atom stereocenters. The van der Waals surface area contributed by atoms with E-state index in [-0.39, 0.29) is 6.61 Å². The predicted octanol–water partition coefficient (Wildman–Crippen LogP) is 5.17. The van der Waals surface area contributed by atoms with E-state index in [2.05, 4.69) is 22.1 Å². The van der Waals surface area contributed by atoms with Crippen LogP contribution in [0, 0.1) is 22.7 Å². The van der Waals surface area contributed by atoms with Gasteiger partial charge in [-0.05, 0) is 54.6 Å². The Bertz CT molecular complexity index is 1650. The summed E-state index contributed by atoms with van der Waals surface area (Å²) < 4.78 is 11.2. The molecule has 1 N–H and O–H groups in total. The van der Waals surface area contributed by atoms with Crippen molar-refractivity contribution in [2.24, 2.45) is 0 Å². The lowest BCUT2D eigenvalue weighted by Gasteiger charge is -2.09. The number of pyridine rings is 1. The van der Waals surface area contributed by atoms with Gasteiger partial charge in [0.2, 0.25) is 0 Å². The molecular formula is C27H16N4O3. The number of ether oxygens (including phenoxy) is 1. The van der Waals surface area contributed by atoms with Crippen LogP contribution in [0.5, 0.6) is 5.75 Å². The smallest absolute Gasteiger partial charge is 0.417 e. The van der Waals surface area contributed by atoms with Gasteiger partial charge in [-0.3, -0.25) is 4.98 Å². The van der Waals surface area contributed by atoms with Gasteiger partial charge in [0.05, 0.1) is 40.2 Å². The monoisotopic (exact) mass is 444 g/mol. The van der Waals surface area contributed by atoms with Crippen LogP contribution in [0.2, 0.25) is 0 Å². The van der Waals surface area contributed by atoms with Gasteiger partial charge in [-0.2, -0.15) is 10.5 Å². The van der Waals surface area contributed by atoms with E-state index in [1.165, 1.54) is 0 Å². The molecule has 0 spiro atoms. The van der Waals surface area contributed by atoms with Gasteiger partial charge in [0.15, 0.2) is 5.76 Å². The number of oxazole rings is 1. The molecule has 5 rings (SSSR count). The largest absolute Gasteiger partial charge is 0.487 e. The number of hydrogen-bond acceptors (Lipinski definition) is 6. The summed E-state index contributed by atoms with van der Waals surface area (Å²) in [5.74, 6) is 0.155. The number of hydrogen-bond donors (Lipinski definition) is 1. The van der Waals surface area contributed by atoms with Crippen molar-refractivity contribution in [1.82, 2.24) is 9.97 Å². The van der Waals surface area contributed by atoms with Crippen LogP contribution in [0.15, 0.2) is 88.1 Å². The second kappa shape index (κ2) is 8.78. The van der Waals surface area contributed by atoms with Crippen molar-refractivity contribution in [3.63, 3.8) is 0 Å². The van der Waals surface area contributed by atoms with Crippen molar-refractivity contribution in [3.05, 3.63) is 106 Å². The third kappa shape index (κ3) is 4.02. The lowest BCUT2D eigenvalue weighted by Crippen LogP contribution is -1.99. The van der Waals surface area contributed by atoms with Gasteiger partial charge in [-0.15, -0.1) is 0 Å². The van der Waals surface area contributed by atoms with Crippen molar-refractivity contribution >= 4 is 10.9 Å². The Labute approximate surface area is 194 Å². The zero-order chi connectivity index (χ0) is 23.5. The van der Waals surface area contributed by atoms with E-state index in [0.29, 0.717) is 39.5 Å². The van der Waals surface area contributed by atoms with Gasteiger partial charge in [-0.1, -0.05) is 24.3 Å². The first-order chi connectivity index (χ1) is 16.6. The molecule has 0 saturated carbocycles. The summed E-state index contributed by atoms with van der Waals surface area (Å²) in [5.41, 5.74) is 3.95. The molecule has 0 unspecified atom stereocenters. The van der Waals surface area contributed by atoms with Crippen LogP contribution >= 0.6 is 0 Å². The average Bonchev–Trinajstić information content (AvgIpc) is 3.28. The van der Waals surface area contributed by atoms with Gasteiger partial charge in [0, 0.05) is 16.5 Å². The quantitative estimate of drug-likeness (QED) is 0.400. The number of nitriles is 2. The third-order valence-corrected chi connectivity index (χ3v) is 5.35. The van der Waals surface area contributed by atoms with E-state index in [0.717, 1.165) is 16.6 Å². The molecule has 0 bridgehead atoms. The maximum absolute atomic E-state index is 12.0. The minimum atomic E-state index is -0.638. The molecule has 0 aliphatic rings. The van der Waals surface area contributed by atoms with Gasteiger partial charge in [0.1, 0.15) is 12.4 Å². The van der Waals surface area contributed by atoms with Crippen LogP contribution in [0.4, 0.5) is 0 Å². The highest BCUT2D eigenvalue weighted by Crippen LogP contribution is 2.33. The van der Waals surface area contributed by atoms with Crippen LogP contribution in [0.1, 0.15) is 16.8 Å². The van der Waals surface area contributed by atoms with E-state index in [1.807, 2.05) is 36.4 Å². The fourth-order valence-corrected chi connectivity index (χ4v) is 3.69. The molecule has 7 heteroatoms. The van der Waals surface area contributed by atoms with E-state index in [9.17, 15) is 10.1 Å². The minimum absolute atomic E-state index is 0.244. The predicted molar refractivity (Wildman–Crippen MR) is 126 cm³/mol. The van der Waals surface area contributed by atoms with Crippen molar-refractivity contribution in [3.8, 4) is 40.5 Å². The number of rotatable bonds is 5. The maximum atomic E-state index is 12.0. The number of fused-ring (bicyclic) bond motifs is 1. The first-order valence-corrected chi connectivity index (χ1v) is 10.4. The molecule has 2 aromatic heterocycles. The summed E-state index contributed by atoms with van der Waals surface area (Å²) in [4.78, 5) is 19.3. The Morgan fingerprint density at radius 1 is 0.941 bits per heavy atom. The Balaban J connectivity index is 1.44. The standard InChI is InChI=1S/C27H16N4O3/c28-14-17-5-7-19(8-6-17)26-25(31-27(32)34-26)23-12-11-22(13-20(23)15-29)33-16-21-10-9-18-3-1-2-4-24(18)30-21/h1-13H,16H2,(H,31,32). The Morgan fingerprint density at radius 2 is 1.76 bits per heavy atom. The van der Waals surface area contributed by atoms with E-state index >= 15 is 0 Å². The molecular weight excluding hydrogens is 428 g/mol. The minimum Gasteiger partial charge on any atom is -0.487 e. The lowest BCUT2D eigenvalue weighted by atomic mass is 10.0. The van der Waals surface area contributed by atoms with Crippen LogP contribution in [0.25, 0.3) is 33.5 Å². The van der Waals surface area contributed by atoms with Gasteiger partial charge in [0.25, 0.3) is 0 Å². The molecule has 3 aromatic carbocycles. The zero-order valence-electron chi connectivity index (χ0n) is 17.8. The molecule has 34 heavy (non-hydrogen) atoms. The molecule has 5 aromatic rings. The fourth-order valence-electron chi connectivity index (χ4n) is 3.69.